The van der Waals surface area contributed by atoms with Crippen molar-refractivity contribution in [1.82, 2.24) is 0 Å². The molecule has 0 aliphatic heterocycles. The van der Waals surface area contributed by atoms with Gasteiger partial charge in [-0.1, -0.05) is 11.6 Å². The molecule has 0 fully saturated rings. The van der Waals surface area contributed by atoms with Crippen LogP contribution in [0.5, 0.6) is 0 Å². The third-order valence-corrected chi connectivity index (χ3v) is 1.97. The largest absolute Gasteiger partial charge is 0.289 e. The van der Waals surface area contributed by atoms with Crippen LogP contribution in [0.4, 0.5) is 0 Å². The predicted molar refractivity (Wildman–Crippen MR) is 42.3 cm³/mol. The van der Waals surface area contributed by atoms with E-state index in [9.17, 15) is 4.79 Å². The van der Waals surface area contributed by atoms with Gasteiger partial charge in [-0.15, -0.1) is 11.3 Å². The van der Waals surface area contributed by atoms with Crippen LogP contribution in [-0.4, -0.2) is 6.29 Å². The van der Waals surface area contributed by atoms with Gasteiger partial charge in [-0.3, -0.25) is 4.79 Å². The number of hydrogen-bond donors (Lipinski definition) is 0. The second-order valence-electron chi connectivity index (χ2n) is 1.49. The highest BCUT2D eigenvalue weighted by atomic mass is 35.5. The van der Waals surface area contributed by atoms with Gasteiger partial charge in [-0.2, -0.15) is 0 Å². The van der Waals surface area contributed by atoms with E-state index in [2.05, 4.69) is 11.8 Å². The Morgan fingerprint density at radius 1 is 1.60 bits per heavy atom. The fraction of sp³-hybridized carbons (Fsp3) is 0. The van der Waals surface area contributed by atoms with E-state index in [4.69, 9.17) is 11.6 Å². The summed E-state index contributed by atoms with van der Waals surface area (Å²) in [4.78, 5) is 10.6. The van der Waals surface area contributed by atoms with E-state index >= 15 is 0 Å². The van der Waals surface area contributed by atoms with Crippen molar-refractivity contribution in [2.24, 2.45) is 0 Å². The van der Waals surface area contributed by atoms with Crippen molar-refractivity contribution in [3.05, 3.63) is 21.3 Å². The van der Waals surface area contributed by atoms with Crippen molar-refractivity contribution in [2.45, 2.75) is 0 Å². The molecule has 1 aromatic rings. The minimum absolute atomic E-state index is 0.563. The molecule has 1 nitrogen and oxygen atoms in total. The molecule has 0 aliphatic carbocycles. The lowest BCUT2D eigenvalue weighted by atomic mass is 10.5. The van der Waals surface area contributed by atoms with Crippen LogP contribution in [-0.2, 0) is 4.79 Å². The van der Waals surface area contributed by atoms with E-state index < -0.39 is 0 Å². The number of hydrogen-bond acceptors (Lipinski definition) is 2. The Morgan fingerprint density at radius 3 is 2.90 bits per heavy atom. The highest BCUT2D eigenvalue weighted by Crippen LogP contribution is 2.19. The summed E-state index contributed by atoms with van der Waals surface area (Å²) in [5.41, 5.74) is 0. The molecule has 0 aromatic carbocycles. The Kier molecular flexibility index (Phi) is 2.49. The molecule has 0 radical (unpaired) electrons. The third-order valence-electron chi connectivity index (χ3n) is 0.827. The van der Waals surface area contributed by atoms with Crippen LogP contribution in [0.2, 0.25) is 4.34 Å². The summed E-state index contributed by atoms with van der Waals surface area (Å²) in [6.07, 6.45) is 0.563. The molecular weight excluding hydrogens is 168 g/mol. The van der Waals surface area contributed by atoms with Gasteiger partial charge in [0.15, 0.2) is 6.29 Å². The first-order valence-corrected chi connectivity index (χ1v) is 3.73. The lowest BCUT2D eigenvalue weighted by molar-refractivity contribution is -0.103. The molecule has 0 spiro atoms. The molecule has 0 bridgehead atoms. The van der Waals surface area contributed by atoms with Gasteiger partial charge in [-0.05, 0) is 24.0 Å². The maximum atomic E-state index is 9.78. The van der Waals surface area contributed by atoms with Crippen LogP contribution in [0.15, 0.2) is 12.1 Å². The number of thiophene rings is 1. The van der Waals surface area contributed by atoms with Gasteiger partial charge in [0.25, 0.3) is 0 Å². The summed E-state index contributed by atoms with van der Waals surface area (Å²) < 4.78 is 0.690. The lowest BCUT2D eigenvalue weighted by Crippen LogP contribution is -1.61. The molecule has 1 aromatic heterocycles. The minimum Gasteiger partial charge on any atom is -0.289 e. The molecule has 50 valence electrons. The smallest absolute Gasteiger partial charge is 0.193 e. The number of rotatable bonds is 0. The van der Waals surface area contributed by atoms with Gasteiger partial charge >= 0.3 is 0 Å². The molecule has 0 N–H and O–H groups in total. The van der Waals surface area contributed by atoms with Crippen molar-refractivity contribution in [2.75, 3.05) is 0 Å². The molecule has 0 saturated carbocycles. The second-order valence-corrected chi connectivity index (χ2v) is 3.21. The molecule has 0 atom stereocenters. The van der Waals surface area contributed by atoms with Crippen LogP contribution < -0.4 is 0 Å². The standard InChI is InChI=1S/C7H3ClOS/c8-7-4-3-6(10-7)2-1-5-9/h3-5H. The van der Waals surface area contributed by atoms with Crippen molar-refractivity contribution < 1.29 is 4.79 Å². The van der Waals surface area contributed by atoms with Crippen LogP contribution >= 0.6 is 22.9 Å². The van der Waals surface area contributed by atoms with Crippen LogP contribution in [0.3, 0.4) is 0 Å². The molecule has 0 saturated heterocycles. The normalized spacial score (nSPS) is 8.10. The van der Waals surface area contributed by atoms with Crippen LogP contribution in [0, 0.1) is 11.8 Å². The van der Waals surface area contributed by atoms with E-state index in [1.165, 1.54) is 11.3 Å². The predicted octanol–water partition coefficient (Wildman–Crippen LogP) is 1.95. The SMILES string of the molecule is O=CC#Cc1ccc(Cl)s1. The quantitative estimate of drug-likeness (QED) is 0.430. The van der Waals surface area contributed by atoms with Crippen molar-refractivity contribution in [1.29, 1.82) is 0 Å². The molecule has 3 heteroatoms. The maximum absolute atomic E-state index is 9.78. The fourth-order valence-electron chi connectivity index (χ4n) is 0.482. The molecular formula is C7H3ClOS. The molecule has 10 heavy (non-hydrogen) atoms. The topological polar surface area (TPSA) is 17.1 Å². The van der Waals surface area contributed by atoms with Gasteiger partial charge in [0.05, 0.1) is 9.21 Å². The molecule has 0 unspecified atom stereocenters. The summed E-state index contributed by atoms with van der Waals surface area (Å²) in [5.74, 6) is 4.93. The number of carbonyl (C=O) groups excluding carboxylic acids is 1. The van der Waals surface area contributed by atoms with Gasteiger partial charge in [-0.25, -0.2) is 0 Å². The summed E-state index contributed by atoms with van der Waals surface area (Å²) in [5, 5.41) is 0. The average molecular weight is 171 g/mol. The summed E-state index contributed by atoms with van der Waals surface area (Å²) in [7, 11) is 0. The zero-order chi connectivity index (χ0) is 7.40. The summed E-state index contributed by atoms with van der Waals surface area (Å²) >= 11 is 6.96. The number of carbonyl (C=O) groups is 1. The van der Waals surface area contributed by atoms with E-state index in [0.29, 0.717) is 10.6 Å². The van der Waals surface area contributed by atoms with Crippen LogP contribution in [0.25, 0.3) is 0 Å². The van der Waals surface area contributed by atoms with Crippen molar-refractivity contribution in [3.8, 4) is 11.8 Å². The summed E-state index contributed by atoms with van der Waals surface area (Å²) in [6, 6.07) is 3.53. The third kappa shape index (κ3) is 1.87. The maximum Gasteiger partial charge on any atom is 0.193 e. The fourth-order valence-corrected chi connectivity index (χ4v) is 1.39. The van der Waals surface area contributed by atoms with E-state index in [1.807, 2.05) is 0 Å². The number of halogens is 1. The Balaban J connectivity index is 2.85. The molecule has 0 amide bonds. The Labute approximate surface area is 67.6 Å². The van der Waals surface area contributed by atoms with Crippen LogP contribution in [0.1, 0.15) is 4.88 Å². The van der Waals surface area contributed by atoms with Crippen molar-refractivity contribution >= 4 is 29.2 Å². The zero-order valence-corrected chi connectivity index (χ0v) is 6.50. The molecule has 1 heterocycles. The first-order valence-electron chi connectivity index (χ1n) is 2.53. The average Bonchev–Trinajstić information content (AvgIpc) is 2.31. The number of aldehydes is 1. The van der Waals surface area contributed by atoms with E-state index in [1.54, 1.807) is 12.1 Å². The summed E-state index contributed by atoms with van der Waals surface area (Å²) in [6.45, 7) is 0. The Morgan fingerprint density at radius 2 is 2.40 bits per heavy atom. The molecule has 0 aliphatic rings. The minimum atomic E-state index is 0.563. The van der Waals surface area contributed by atoms with E-state index in [0.717, 1.165) is 4.88 Å². The zero-order valence-electron chi connectivity index (χ0n) is 4.93. The van der Waals surface area contributed by atoms with Gasteiger partial charge < -0.3 is 0 Å². The van der Waals surface area contributed by atoms with Gasteiger partial charge in [0, 0.05) is 0 Å². The Hall–Kier alpha value is -0.780. The van der Waals surface area contributed by atoms with E-state index in [-0.39, 0.29) is 0 Å². The second kappa shape index (κ2) is 3.40. The molecule has 1 rings (SSSR count). The first kappa shape index (κ1) is 7.33. The monoisotopic (exact) mass is 170 g/mol. The highest BCUT2D eigenvalue weighted by molar-refractivity contribution is 7.16. The van der Waals surface area contributed by atoms with Gasteiger partial charge in [0.2, 0.25) is 0 Å². The first-order chi connectivity index (χ1) is 4.83. The highest BCUT2D eigenvalue weighted by Gasteiger charge is 1.90. The lowest BCUT2D eigenvalue weighted by Gasteiger charge is -1.71. The van der Waals surface area contributed by atoms with Gasteiger partial charge in [0.1, 0.15) is 0 Å². The van der Waals surface area contributed by atoms with Crippen molar-refractivity contribution in [3.63, 3.8) is 0 Å². The Bertz CT molecular complexity index is 292.